The molecule has 2 aliphatic carbocycles. The fraction of sp³-hybridized carbons (Fsp3) is 1.00. The zero-order valence-electron chi connectivity index (χ0n) is 14.3. The molecule has 2 nitrogen and oxygen atoms in total. The Hall–Kier alpha value is -0.0800. The van der Waals surface area contributed by atoms with Crippen molar-refractivity contribution in [3.8, 4) is 0 Å². The highest BCUT2D eigenvalue weighted by Gasteiger charge is 2.51. The van der Waals surface area contributed by atoms with Crippen LogP contribution in [0.4, 0.5) is 0 Å². The Morgan fingerprint density at radius 3 is 2.05 bits per heavy atom. The molecule has 2 heterocycles. The molecule has 0 aromatic heterocycles. The van der Waals surface area contributed by atoms with E-state index in [-0.39, 0.29) is 0 Å². The molecule has 1 N–H and O–H groups in total. The van der Waals surface area contributed by atoms with Crippen LogP contribution in [0.15, 0.2) is 0 Å². The van der Waals surface area contributed by atoms with Gasteiger partial charge in [-0.25, -0.2) is 0 Å². The van der Waals surface area contributed by atoms with Crippen LogP contribution >= 0.6 is 0 Å². The first-order chi connectivity index (χ1) is 9.95. The van der Waals surface area contributed by atoms with Crippen molar-refractivity contribution in [3.63, 3.8) is 0 Å². The summed E-state index contributed by atoms with van der Waals surface area (Å²) in [6.07, 6.45) is 8.92. The minimum absolute atomic E-state index is 0.533. The average molecular weight is 290 g/mol. The second kappa shape index (κ2) is 4.96. The van der Waals surface area contributed by atoms with Gasteiger partial charge in [0.15, 0.2) is 0 Å². The first-order valence-corrected chi connectivity index (χ1v) is 9.40. The molecule has 0 amide bonds. The van der Waals surface area contributed by atoms with Crippen LogP contribution in [0.25, 0.3) is 0 Å². The first-order valence-electron chi connectivity index (χ1n) is 9.40. The summed E-state index contributed by atoms with van der Waals surface area (Å²) >= 11 is 0. The number of nitrogens with zero attached hydrogens (tertiary/aromatic N) is 1. The molecule has 21 heavy (non-hydrogen) atoms. The summed E-state index contributed by atoms with van der Waals surface area (Å²) in [7, 11) is 0. The summed E-state index contributed by atoms with van der Waals surface area (Å²) in [6.45, 7) is 12.7. The molecule has 2 aliphatic heterocycles. The highest BCUT2D eigenvalue weighted by molar-refractivity contribution is 5.04. The monoisotopic (exact) mass is 290 g/mol. The third kappa shape index (κ3) is 2.57. The van der Waals surface area contributed by atoms with E-state index in [1.807, 2.05) is 0 Å². The number of rotatable bonds is 1. The lowest BCUT2D eigenvalue weighted by Crippen LogP contribution is -2.54. The van der Waals surface area contributed by atoms with Gasteiger partial charge in [0.05, 0.1) is 0 Å². The number of fused-ring (bicyclic) bond motifs is 1. The Labute approximate surface area is 131 Å². The van der Waals surface area contributed by atoms with Crippen molar-refractivity contribution >= 4 is 0 Å². The van der Waals surface area contributed by atoms with Crippen molar-refractivity contribution in [2.45, 2.75) is 65.3 Å². The van der Waals surface area contributed by atoms with E-state index in [2.05, 4.69) is 31.0 Å². The van der Waals surface area contributed by atoms with Crippen molar-refractivity contribution in [1.82, 2.24) is 10.2 Å². The van der Waals surface area contributed by atoms with Crippen LogP contribution in [0.2, 0.25) is 0 Å². The molecule has 4 aliphatic rings. The van der Waals surface area contributed by atoms with E-state index >= 15 is 0 Å². The van der Waals surface area contributed by atoms with Crippen LogP contribution < -0.4 is 5.32 Å². The lowest BCUT2D eigenvalue weighted by Gasteiger charge is -2.53. The quantitative estimate of drug-likeness (QED) is 0.795. The van der Waals surface area contributed by atoms with Gasteiger partial charge in [0, 0.05) is 19.1 Å². The van der Waals surface area contributed by atoms with Gasteiger partial charge in [-0.1, -0.05) is 20.8 Å². The summed E-state index contributed by atoms with van der Waals surface area (Å²) in [5.74, 6) is 3.03. The Balaban J connectivity index is 1.30. The standard InChI is InChI=1S/C19H34N2/c1-18(2,3)16-8-14-12-21(13-15(14)9-16)17-10-19(11-17)4-6-20-7-5-19/h14-17,20H,4-13H2,1-3H3/t14-,15+,16?. The Kier molecular flexibility index (Phi) is 3.43. The highest BCUT2D eigenvalue weighted by atomic mass is 15.2. The molecule has 0 radical (unpaired) electrons. The molecule has 4 rings (SSSR count). The van der Waals surface area contributed by atoms with Gasteiger partial charge in [0.25, 0.3) is 0 Å². The van der Waals surface area contributed by atoms with Gasteiger partial charge >= 0.3 is 0 Å². The van der Waals surface area contributed by atoms with Gasteiger partial charge in [-0.15, -0.1) is 0 Å². The zero-order valence-corrected chi connectivity index (χ0v) is 14.3. The molecule has 3 atom stereocenters. The normalized spacial score (nSPS) is 40.4. The summed E-state index contributed by atoms with van der Waals surface area (Å²) in [4.78, 5) is 2.89. The van der Waals surface area contributed by atoms with E-state index in [4.69, 9.17) is 0 Å². The fourth-order valence-corrected chi connectivity index (χ4v) is 5.90. The van der Waals surface area contributed by atoms with E-state index in [1.165, 1.54) is 64.7 Å². The fourth-order valence-electron chi connectivity index (χ4n) is 5.90. The zero-order chi connectivity index (χ0) is 14.7. The van der Waals surface area contributed by atoms with Crippen molar-refractivity contribution < 1.29 is 0 Å². The van der Waals surface area contributed by atoms with E-state index < -0.39 is 0 Å². The predicted molar refractivity (Wildman–Crippen MR) is 88.3 cm³/mol. The summed E-state index contributed by atoms with van der Waals surface area (Å²) < 4.78 is 0. The first kappa shape index (κ1) is 14.5. The molecule has 0 aromatic carbocycles. The van der Waals surface area contributed by atoms with E-state index in [0.29, 0.717) is 5.41 Å². The second-order valence-corrected chi connectivity index (χ2v) is 9.82. The van der Waals surface area contributed by atoms with Crippen molar-refractivity contribution in [2.24, 2.45) is 28.6 Å². The van der Waals surface area contributed by atoms with E-state index in [9.17, 15) is 0 Å². The van der Waals surface area contributed by atoms with Crippen LogP contribution in [0.3, 0.4) is 0 Å². The molecular weight excluding hydrogens is 256 g/mol. The topological polar surface area (TPSA) is 15.3 Å². The smallest absolute Gasteiger partial charge is 0.0106 e. The minimum atomic E-state index is 0.533. The molecule has 2 saturated carbocycles. The molecular formula is C19H34N2. The van der Waals surface area contributed by atoms with E-state index in [0.717, 1.165) is 29.2 Å². The molecule has 1 spiro atoms. The maximum atomic E-state index is 3.53. The van der Waals surface area contributed by atoms with Gasteiger partial charge < -0.3 is 5.32 Å². The van der Waals surface area contributed by atoms with Gasteiger partial charge in [0.1, 0.15) is 0 Å². The third-order valence-corrected chi connectivity index (χ3v) is 7.52. The Morgan fingerprint density at radius 1 is 0.952 bits per heavy atom. The van der Waals surface area contributed by atoms with Crippen LogP contribution in [-0.4, -0.2) is 37.1 Å². The lowest BCUT2D eigenvalue weighted by molar-refractivity contribution is -0.0151. The van der Waals surface area contributed by atoms with Gasteiger partial charge in [0.2, 0.25) is 0 Å². The number of likely N-dealkylation sites (tertiary alicyclic amines) is 1. The molecule has 2 heteroatoms. The Bertz CT molecular complexity index is 369. The van der Waals surface area contributed by atoms with Crippen LogP contribution in [0, 0.1) is 28.6 Å². The molecule has 0 bridgehead atoms. The van der Waals surface area contributed by atoms with Gasteiger partial charge in [-0.2, -0.15) is 0 Å². The molecule has 2 saturated heterocycles. The summed E-state index contributed by atoms with van der Waals surface area (Å²) in [5.41, 5.74) is 1.28. The van der Waals surface area contributed by atoms with Crippen molar-refractivity contribution in [1.29, 1.82) is 0 Å². The summed E-state index contributed by atoms with van der Waals surface area (Å²) in [6, 6.07) is 0.946. The number of hydrogen-bond donors (Lipinski definition) is 1. The highest BCUT2D eigenvalue weighted by Crippen LogP contribution is 2.54. The number of piperidine rings is 1. The van der Waals surface area contributed by atoms with Crippen LogP contribution in [-0.2, 0) is 0 Å². The molecule has 4 fully saturated rings. The SMILES string of the molecule is CC(C)(C)C1C[C@@H]2CN(C3CC4(CCNCC4)C3)C[C@@H]2C1. The summed E-state index contributed by atoms with van der Waals surface area (Å²) in [5, 5.41) is 3.53. The van der Waals surface area contributed by atoms with E-state index in [1.54, 1.807) is 0 Å². The van der Waals surface area contributed by atoms with Crippen LogP contribution in [0.1, 0.15) is 59.3 Å². The lowest BCUT2D eigenvalue weighted by atomic mass is 9.60. The minimum Gasteiger partial charge on any atom is -0.317 e. The number of nitrogens with one attached hydrogen (secondary N) is 1. The largest absolute Gasteiger partial charge is 0.317 e. The number of hydrogen-bond acceptors (Lipinski definition) is 2. The third-order valence-electron chi connectivity index (χ3n) is 7.52. The average Bonchev–Trinajstić information content (AvgIpc) is 2.94. The maximum Gasteiger partial charge on any atom is 0.0106 e. The maximum absolute atomic E-state index is 3.53. The van der Waals surface area contributed by atoms with Crippen molar-refractivity contribution in [2.75, 3.05) is 26.2 Å². The predicted octanol–water partition coefficient (Wildman–Crippen LogP) is 3.52. The Morgan fingerprint density at radius 2 is 1.52 bits per heavy atom. The molecule has 0 aromatic rings. The molecule has 120 valence electrons. The van der Waals surface area contributed by atoms with Crippen LogP contribution in [0.5, 0.6) is 0 Å². The molecule has 1 unspecified atom stereocenters. The van der Waals surface area contributed by atoms with Crippen molar-refractivity contribution in [3.05, 3.63) is 0 Å². The van der Waals surface area contributed by atoms with Gasteiger partial charge in [-0.05, 0) is 80.2 Å². The van der Waals surface area contributed by atoms with Gasteiger partial charge in [-0.3, -0.25) is 4.90 Å². The second-order valence-electron chi connectivity index (χ2n) is 9.82.